The van der Waals surface area contributed by atoms with E-state index >= 15 is 0 Å². The zero-order chi connectivity index (χ0) is 15.7. The first kappa shape index (κ1) is 14.8. The SMILES string of the molecule is Cc1ccc(/C=C2/SC(=S)N(c3cccc(O)c3)C2=O)cc1. The van der Waals surface area contributed by atoms with Gasteiger partial charge in [0.2, 0.25) is 0 Å². The Labute approximate surface area is 138 Å². The lowest BCUT2D eigenvalue weighted by atomic mass is 10.1. The first-order valence-corrected chi connectivity index (χ1v) is 7.91. The van der Waals surface area contributed by atoms with E-state index in [2.05, 4.69) is 0 Å². The van der Waals surface area contributed by atoms with Crippen LogP contribution in [0.25, 0.3) is 6.08 Å². The van der Waals surface area contributed by atoms with Crippen molar-refractivity contribution in [2.45, 2.75) is 6.92 Å². The number of aromatic hydroxyl groups is 1. The summed E-state index contributed by atoms with van der Waals surface area (Å²) in [6.07, 6.45) is 1.83. The molecule has 3 nitrogen and oxygen atoms in total. The van der Waals surface area contributed by atoms with Crippen molar-refractivity contribution in [3.63, 3.8) is 0 Å². The quantitative estimate of drug-likeness (QED) is 0.666. The molecule has 0 unspecified atom stereocenters. The van der Waals surface area contributed by atoms with Crippen LogP contribution in [-0.4, -0.2) is 15.3 Å². The lowest BCUT2D eigenvalue weighted by molar-refractivity contribution is -0.113. The summed E-state index contributed by atoms with van der Waals surface area (Å²) in [6.45, 7) is 2.02. The first-order valence-electron chi connectivity index (χ1n) is 6.68. The zero-order valence-electron chi connectivity index (χ0n) is 11.8. The molecule has 22 heavy (non-hydrogen) atoms. The zero-order valence-corrected chi connectivity index (χ0v) is 13.4. The Hall–Kier alpha value is -2.11. The molecule has 0 spiro atoms. The van der Waals surface area contributed by atoms with Gasteiger partial charge in [0.05, 0.1) is 10.6 Å². The number of hydrogen-bond acceptors (Lipinski definition) is 4. The van der Waals surface area contributed by atoms with Crippen LogP contribution in [0.15, 0.2) is 53.4 Å². The number of benzene rings is 2. The fourth-order valence-electron chi connectivity index (χ4n) is 2.14. The summed E-state index contributed by atoms with van der Waals surface area (Å²) in [5.74, 6) is -0.0600. The lowest BCUT2D eigenvalue weighted by Gasteiger charge is -2.14. The molecule has 0 atom stereocenters. The van der Waals surface area contributed by atoms with Crippen LogP contribution >= 0.6 is 24.0 Å². The molecule has 110 valence electrons. The average molecular weight is 327 g/mol. The van der Waals surface area contributed by atoms with Crippen molar-refractivity contribution >= 4 is 46.0 Å². The molecule has 3 rings (SSSR count). The number of rotatable bonds is 2. The van der Waals surface area contributed by atoms with Crippen molar-refractivity contribution in [3.05, 3.63) is 64.6 Å². The number of carbonyl (C=O) groups excluding carboxylic acids is 1. The maximum Gasteiger partial charge on any atom is 0.270 e. The standard InChI is InChI=1S/C17H13NO2S2/c1-11-5-7-12(8-6-11)9-15-16(20)18(17(21)22-15)13-3-2-4-14(19)10-13/h2-10,19H,1H3/b15-9+. The van der Waals surface area contributed by atoms with Crippen LogP contribution in [0.1, 0.15) is 11.1 Å². The Morgan fingerprint density at radius 1 is 1.18 bits per heavy atom. The second-order valence-corrected chi connectivity index (χ2v) is 6.62. The Balaban J connectivity index is 1.93. The van der Waals surface area contributed by atoms with Crippen molar-refractivity contribution in [1.29, 1.82) is 0 Å². The van der Waals surface area contributed by atoms with Gasteiger partial charge in [0.1, 0.15) is 5.75 Å². The molecular weight excluding hydrogens is 314 g/mol. The molecule has 0 aliphatic carbocycles. The average Bonchev–Trinajstić information content (AvgIpc) is 2.76. The molecule has 1 saturated heterocycles. The van der Waals surface area contributed by atoms with Gasteiger partial charge in [-0.15, -0.1) is 0 Å². The summed E-state index contributed by atoms with van der Waals surface area (Å²) in [6, 6.07) is 14.5. The lowest BCUT2D eigenvalue weighted by Crippen LogP contribution is -2.27. The van der Waals surface area contributed by atoms with E-state index < -0.39 is 0 Å². The number of thioether (sulfide) groups is 1. The van der Waals surface area contributed by atoms with Crippen molar-refractivity contribution in [3.8, 4) is 5.75 Å². The molecule has 2 aromatic carbocycles. The van der Waals surface area contributed by atoms with Crippen LogP contribution in [0, 0.1) is 6.92 Å². The number of hydrogen-bond donors (Lipinski definition) is 1. The molecule has 0 saturated carbocycles. The van der Waals surface area contributed by atoms with Gasteiger partial charge >= 0.3 is 0 Å². The van der Waals surface area contributed by atoms with Crippen LogP contribution < -0.4 is 4.90 Å². The van der Waals surface area contributed by atoms with Crippen LogP contribution in [0.4, 0.5) is 5.69 Å². The summed E-state index contributed by atoms with van der Waals surface area (Å²) < 4.78 is 0.467. The van der Waals surface area contributed by atoms with Gasteiger partial charge in [-0.2, -0.15) is 0 Å². The Kier molecular flexibility index (Phi) is 4.00. The molecule has 1 fully saturated rings. The minimum absolute atomic E-state index is 0.106. The Morgan fingerprint density at radius 2 is 1.91 bits per heavy atom. The van der Waals surface area contributed by atoms with Gasteiger partial charge in [0, 0.05) is 6.07 Å². The minimum Gasteiger partial charge on any atom is -0.508 e. The predicted molar refractivity (Wildman–Crippen MR) is 94.9 cm³/mol. The van der Waals surface area contributed by atoms with E-state index in [9.17, 15) is 9.90 Å². The predicted octanol–water partition coefficient (Wildman–Crippen LogP) is 4.11. The maximum absolute atomic E-state index is 12.6. The number of anilines is 1. The highest BCUT2D eigenvalue weighted by atomic mass is 32.2. The number of carbonyl (C=O) groups is 1. The highest BCUT2D eigenvalue weighted by Gasteiger charge is 2.33. The van der Waals surface area contributed by atoms with Gasteiger partial charge in [-0.05, 0) is 30.7 Å². The summed E-state index contributed by atoms with van der Waals surface area (Å²) in [5.41, 5.74) is 2.71. The molecule has 1 amide bonds. The van der Waals surface area contributed by atoms with Gasteiger partial charge in [-0.1, -0.05) is 59.9 Å². The molecule has 1 N–H and O–H groups in total. The number of nitrogens with zero attached hydrogens (tertiary/aromatic N) is 1. The third-order valence-corrected chi connectivity index (χ3v) is 4.56. The molecule has 5 heteroatoms. The van der Waals surface area contributed by atoms with E-state index in [0.29, 0.717) is 14.9 Å². The molecule has 1 aliphatic heterocycles. The molecule has 2 aromatic rings. The number of thiocarbonyl (C=S) groups is 1. The van der Waals surface area contributed by atoms with E-state index in [1.165, 1.54) is 28.3 Å². The highest BCUT2D eigenvalue weighted by Crippen LogP contribution is 2.36. The van der Waals surface area contributed by atoms with E-state index in [-0.39, 0.29) is 11.7 Å². The summed E-state index contributed by atoms with van der Waals surface area (Å²) in [5, 5.41) is 9.57. The van der Waals surface area contributed by atoms with Crippen molar-refractivity contribution in [1.82, 2.24) is 0 Å². The van der Waals surface area contributed by atoms with Crippen LogP contribution in [0.2, 0.25) is 0 Å². The Morgan fingerprint density at radius 3 is 2.59 bits per heavy atom. The van der Waals surface area contributed by atoms with Gasteiger partial charge in [-0.3, -0.25) is 9.69 Å². The number of amides is 1. The molecule has 1 aliphatic rings. The van der Waals surface area contributed by atoms with Gasteiger partial charge < -0.3 is 5.11 Å². The molecule has 0 aromatic heterocycles. The smallest absolute Gasteiger partial charge is 0.270 e. The maximum atomic E-state index is 12.6. The van der Waals surface area contributed by atoms with Crippen LogP contribution in [0.3, 0.4) is 0 Å². The second kappa shape index (κ2) is 5.94. The van der Waals surface area contributed by atoms with E-state index in [1.54, 1.807) is 18.2 Å². The number of aryl methyl sites for hydroxylation is 1. The van der Waals surface area contributed by atoms with Crippen LogP contribution in [0.5, 0.6) is 5.75 Å². The van der Waals surface area contributed by atoms with Crippen molar-refractivity contribution in [2.75, 3.05) is 4.90 Å². The third kappa shape index (κ3) is 2.91. The van der Waals surface area contributed by atoms with Crippen molar-refractivity contribution in [2.24, 2.45) is 0 Å². The summed E-state index contributed by atoms with van der Waals surface area (Å²) in [7, 11) is 0. The van der Waals surface area contributed by atoms with E-state index in [1.807, 2.05) is 37.3 Å². The van der Waals surface area contributed by atoms with Crippen LogP contribution in [-0.2, 0) is 4.79 Å². The van der Waals surface area contributed by atoms with E-state index in [4.69, 9.17) is 12.2 Å². The first-order chi connectivity index (χ1) is 10.5. The van der Waals surface area contributed by atoms with Gasteiger partial charge in [0.15, 0.2) is 4.32 Å². The molecular formula is C17H13NO2S2. The summed E-state index contributed by atoms with van der Waals surface area (Å²) in [4.78, 5) is 14.6. The molecule has 0 bridgehead atoms. The topological polar surface area (TPSA) is 40.5 Å². The number of phenolic OH excluding ortho intramolecular Hbond substituents is 1. The monoisotopic (exact) mass is 327 g/mol. The normalized spacial score (nSPS) is 16.6. The minimum atomic E-state index is -0.166. The number of phenols is 1. The Bertz CT molecular complexity index is 782. The van der Waals surface area contributed by atoms with E-state index in [0.717, 1.165) is 5.56 Å². The largest absolute Gasteiger partial charge is 0.508 e. The third-order valence-electron chi connectivity index (χ3n) is 3.26. The molecule has 1 heterocycles. The fraction of sp³-hybridized carbons (Fsp3) is 0.0588. The van der Waals surface area contributed by atoms with Gasteiger partial charge in [0.25, 0.3) is 5.91 Å². The highest BCUT2D eigenvalue weighted by molar-refractivity contribution is 8.27. The van der Waals surface area contributed by atoms with Crippen molar-refractivity contribution < 1.29 is 9.90 Å². The summed E-state index contributed by atoms with van der Waals surface area (Å²) >= 11 is 6.57. The van der Waals surface area contributed by atoms with Gasteiger partial charge in [-0.25, -0.2) is 0 Å². The second-order valence-electron chi connectivity index (χ2n) is 4.95. The fourth-order valence-corrected chi connectivity index (χ4v) is 3.44. The molecule has 0 radical (unpaired) electrons.